The fourth-order valence-corrected chi connectivity index (χ4v) is 6.02. The molecule has 256 valence electrons. The van der Waals surface area contributed by atoms with Gasteiger partial charge in [0.2, 0.25) is 17.7 Å². The van der Waals surface area contributed by atoms with Gasteiger partial charge in [0.1, 0.15) is 17.9 Å². The van der Waals surface area contributed by atoms with Crippen LogP contribution in [-0.2, 0) is 38.1 Å². The van der Waals surface area contributed by atoms with Crippen LogP contribution in [-0.4, -0.2) is 83.8 Å². The molecule has 1 aliphatic carbocycles. The van der Waals surface area contributed by atoms with E-state index in [0.29, 0.717) is 50.1 Å². The summed E-state index contributed by atoms with van der Waals surface area (Å²) in [6.45, 7) is 3.73. The minimum atomic E-state index is -3.96. The second kappa shape index (κ2) is 16.2. The summed E-state index contributed by atoms with van der Waals surface area (Å²) in [6, 6.07) is 6.45. The molecule has 4 amide bonds. The van der Waals surface area contributed by atoms with Gasteiger partial charge in [0, 0.05) is 44.6 Å². The number of nitrogens with zero attached hydrogens (tertiary/aromatic N) is 2. The van der Waals surface area contributed by atoms with E-state index >= 15 is 13.2 Å². The van der Waals surface area contributed by atoms with Gasteiger partial charge < -0.3 is 30.9 Å². The summed E-state index contributed by atoms with van der Waals surface area (Å²) in [7, 11) is 1.96. The summed E-state index contributed by atoms with van der Waals surface area (Å²) in [6.07, 6.45) is 3.69. The smallest absolute Gasteiger partial charge is 0.349 e. The molecule has 2 aliphatic rings. The lowest BCUT2D eigenvalue weighted by molar-refractivity contribution is -0.149. The van der Waals surface area contributed by atoms with Gasteiger partial charge in [-0.2, -0.15) is 8.78 Å². The first-order chi connectivity index (χ1) is 22.4. The molecule has 13 heteroatoms. The molecule has 10 nitrogen and oxygen atoms in total. The predicted molar refractivity (Wildman–Crippen MR) is 170 cm³/mol. The molecule has 4 N–H and O–H groups in total. The molecule has 1 aliphatic heterocycles. The highest BCUT2D eigenvalue weighted by molar-refractivity contribution is 5.98. The number of aliphatic hydroxyl groups is 1. The van der Waals surface area contributed by atoms with Crippen LogP contribution in [0.15, 0.2) is 42.5 Å². The summed E-state index contributed by atoms with van der Waals surface area (Å²) < 4.78 is 45.8. The number of carbonyl (C=O) groups excluding carboxylic acids is 4. The SMILES string of the molecule is CCC(=O)NC(Cc1ccc(NC(=O)C(NC(=O)C(F)(F)c2ccc(CO)cc2)C2CCCCC2)c(F)c1)C(=O)N1CCN(C)CC1. The minimum absolute atomic E-state index is 0.0250. The Morgan fingerprint density at radius 2 is 1.57 bits per heavy atom. The Bertz CT molecular complexity index is 1410. The van der Waals surface area contributed by atoms with E-state index in [-0.39, 0.29) is 37.0 Å². The van der Waals surface area contributed by atoms with E-state index in [1.165, 1.54) is 24.3 Å². The van der Waals surface area contributed by atoms with Gasteiger partial charge in [-0.15, -0.1) is 0 Å². The molecular formula is C34H44F3N5O5. The quantitative estimate of drug-likeness (QED) is 0.277. The van der Waals surface area contributed by atoms with Crippen LogP contribution in [0.2, 0.25) is 0 Å². The lowest BCUT2D eigenvalue weighted by Crippen LogP contribution is -2.54. The van der Waals surface area contributed by atoms with Crippen LogP contribution in [0.5, 0.6) is 0 Å². The third-order valence-electron chi connectivity index (χ3n) is 8.98. The standard InChI is InChI=1S/C34H44F3N5O5/c1-3-29(44)38-28(32(46)42-17-15-41(2)16-18-42)20-23-11-14-27(26(35)19-23)39-31(45)30(24-7-5-4-6-8-24)40-33(47)34(36,37)25-12-9-22(21-43)10-13-25/h9-14,19,24,28,30,43H,3-8,15-18,20-21H2,1-2H3,(H,38,44)(H,39,45)(H,40,47). The summed E-state index contributed by atoms with van der Waals surface area (Å²) in [5.74, 6) is -8.24. The normalized spacial score (nSPS) is 17.4. The van der Waals surface area contributed by atoms with Crippen molar-refractivity contribution in [1.29, 1.82) is 0 Å². The molecule has 47 heavy (non-hydrogen) atoms. The fraction of sp³-hybridized carbons (Fsp3) is 0.529. The average molecular weight is 660 g/mol. The van der Waals surface area contributed by atoms with Gasteiger partial charge in [-0.05, 0) is 49.1 Å². The maximum atomic E-state index is 15.4. The number of hydrogen-bond acceptors (Lipinski definition) is 6. The first kappa shape index (κ1) is 35.9. The molecule has 2 unspecified atom stereocenters. The number of anilines is 1. The number of nitrogens with one attached hydrogen (secondary N) is 3. The lowest BCUT2D eigenvalue weighted by atomic mass is 9.83. The van der Waals surface area contributed by atoms with Crippen molar-refractivity contribution >= 4 is 29.3 Å². The van der Waals surface area contributed by atoms with Crippen molar-refractivity contribution in [2.75, 3.05) is 38.5 Å². The molecule has 1 saturated carbocycles. The largest absolute Gasteiger partial charge is 0.392 e. The van der Waals surface area contributed by atoms with Crippen molar-refractivity contribution in [3.05, 3.63) is 65.0 Å². The predicted octanol–water partition coefficient (Wildman–Crippen LogP) is 3.32. The average Bonchev–Trinajstić information content (AvgIpc) is 3.08. The van der Waals surface area contributed by atoms with E-state index < -0.39 is 47.1 Å². The summed E-state index contributed by atoms with van der Waals surface area (Å²) in [5, 5.41) is 16.7. The van der Waals surface area contributed by atoms with E-state index in [1.54, 1.807) is 11.8 Å². The van der Waals surface area contributed by atoms with Crippen molar-refractivity contribution in [3.8, 4) is 0 Å². The summed E-state index contributed by atoms with van der Waals surface area (Å²) in [4.78, 5) is 55.7. The third-order valence-corrected chi connectivity index (χ3v) is 8.98. The van der Waals surface area contributed by atoms with E-state index in [2.05, 4.69) is 20.9 Å². The van der Waals surface area contributed by atoms with Crippen molar-refractivity contribution < 1.29 is 37.5 Å². The maximum absolute atomic E-state index is 15.4. The van der Waals surface area contributed by atoms with E-state index in [1.807, 2.05) is 7.05 Å². The lowest BCUT2D eigenvalue weighted by Gasteiger charge is -2.34. The van der Waals surface area contributed by atoms with Crippen molar-refractivity contribution in [3.63, 3.8) is 0 Å². The summed E-state index contributed by atoms with van der Waals surface area (Å²) >= 11 is 0. The van der Waals surface area contributed by atoms with Gasteiger partial charge in [0.25, 0.3) is 5.91 Å². The van der Waals surface area contributed by atoms with Gasteiger partial charge in [-0.1, -0.05) is 56.5 Å². The van der Waals surface area contributed by atoms with Gasteiger partial charge in [0.05, 0.1) is 12.3 Å². The highest BCUT2D eigenvalue weighted by atomic mass is 19.3. The zero-order chi connectivity index (χ0) is 34.1. The monoisotopic (exact) mass is 659 g/mol. The molecule has 0 spiro atoms. The van der Waals surface area contributed by atoms with Gasteiger partial charge in [-0.25, -0.2) is 4.39 Å². The van der Waals surface area contributed by atoms with Crippen LogP contribution < -0.4 is 16.0 Å². The number of likely N-dealkylation sites (N-methyl/N-ethyl adjacent to an activating group) is 1. The maximum Gasteiger partial charge on any atom is 0.349 e. The number of alkyl halides is 2. The van der Waals surface area contributed by atoms with E-state index in [9.17, 15) is 24.3 Å². The molecule has 2 fully saturated rings. The molecule has 2 aromatic carbocycles. The highest BCUT2D eigenvalue weighted by Crippen LogP contribution is 2.32. The zero-order valence-corrected chi connectivity index (χ0v) is 26.9. The first-order valence-electron chi connectivity index (χ1n) is 16.2. The van der Waals surface area contributed by atoms with Crippen LogP contribution in [0.25, 0.3) is 0 Å². The van der Waals surface area contributed by atoms with Crippen molar-refractivity contribution in [2.45, 2.75) is 76.5 Å². The molecule has 0 radical (unpaired) electrons. The Labute approximate surface area is 273 Å². The number of benzene rings is 2. The minimum Gasteiger partial charge on any atom is -0.392 e. The molecule has 0 aromatic heterocycles. The molecule has 2 aromatic rings. The number of halogens is 3. The fourth-order valence-electron chi connectivity index (χ4n) is 6.02. The highest BCUT2D eigenvalue weighted by Gasteiger charge is 2.44. The Morgan fingerprint density at radius 1 is 0.936 bits per heavy atom. The van der Waals surface area contributed by atoms with Gasteiger partial charge in [0.15, 0.2) is 0 Å². The van der Waals surface area contributed by atoms with Crippen molar-refractivity contribution in [1.82, 2.24) is 20.4 Å². The van der Waals surface area contributed by atoms with Gasteiger partial charge >= 0.3 is 5.92 Å². The van der Waals surface area contributed by atoms with Crippen LogP contribution in [0, 0.1) is 11.7 Å². The Morgan fingerprint density at radius 3 is 2.17 bits per heavy atom. The topological polar surface area (TPSA) is 131 Å². The molecule has 0 bridgehead atoms. The number of rotatable bonds is 12. The van der Waals surface area contributed by atoms with Gasteiger partial charge in [-0.3, -0.25) is 19.2 Å². The number of piperazine rings is 1. The number of amides is 4. The van der Waals surface area contributed by atoms with Crippen LogP contribution in [0.4, 0.5) is 18.9 Å². The Kier molecular flexibility index (Phi) is 12.4. The Hall–Kier alpha value is -3.97. The van der Waals surface area contributed by atoms with Crippen molar-refractivity contribution in [2.24, 2.45) is 5.92 Å². The molecule has 1 heterocycles. The Balaban J connectivity index is 1.48. The number of carbonyl (C=O) groups is 4. The second-order valence-corrected chi connectivity index (χ2v) is 12.4. The number of hydrogen-bond donors (Lipinski definition) is 4. The molecule has 2 atom stereocenters. The zero-order valence-electron chi connectivity index (χ0n) is 26.9. The van der Waals surface area contributed by atoms with Crippen LogP contribution >= 0.6 is 0 Å². The van der Waals surface area contributed by atoms with E-state index in [4.69, 9.17) is 0 Å². The van der Waals surface area contributed by atoms with Crippen LogP contribution in [0.3, 0.4) is 0 Å². The third kappa shape index (κ3) is 9.32. The first-order valence-corrected chi connectivity index (χ1v) is 16.2. The second-order valence-electron chi connectivity index (χ2n) is 12.4. The molecule has 4 rings (SSSR count). The molecule has 1 saturated heterocycles. The van der Waals surface area contributed by atoms with Crippen LogP contribution in [0.1, 0.15) is 62.1 Å². The number of aliphatic hydroxyl groups excluding tert-OH is 1. The summed E-state index contributed by atoms with van der Waals surface area (Å²) in [5.41, 5.74) is 0.0181. The van der Waals surface area contributed by atoms with E-state index in [0.717, 1.165) is 37.5 Å². The molecular weight excluding hydrogens is 615 g/mol.